The molecule has 4 rings (SSSR count). The maximum absolute atomic E-state index is 13.1. The third kappa shape index (κ3) is 4.58. The zero-order chi connectivity index (χ0) is 20.9. The van der Waals surface area contributed by atoms with Crippen molar-refractivity contribution in [2.24, 2.45) is 0 Å². The van der Waals surface area contributed by atoms with E-state index in [0.29, 0.717) is 11.3 Å². The first-order valence-corrected chi connectivity index (χ1v) is 10.4. The molecule has 0 fully saturated rings. The van der Waals surface area contributed by atoms with E-state index in [1.54, 1.807) is 24.3 Å². The molecule has 2 aromatic carbocycles. The fraction of sp³-hybridized carbons (Fsp3) is 0.130. The first-order chi connectivity index (χ1) is 14.6. The van der Waals surface area contributed by atoms with Crippen molar-refractivity contribution in [1.82, 2.24) is 15.6 Å². The molecular formula is C23H20FN3O2S. The van der Waals surface area contributed by atoms with Crippen LogP contribution in [0, 0.1) is 5.82 Å². The van der Waals surface area contributed by atoms with E-state index in [9.17, 15) is 14.0 Å². The number of para-hydroxylation sites is 1. The average molecular weight is 421 g/mol. The molecule has 0 aliphatic heterocycles. The van der Waals surface area contributed by atoms with Gasteiger partial charge in [-0.15, -0.1) is 11.3 Å². The first kappa shape index (κ1) is 19.8. The monoisotopic (exact) mass is 421 g/mol. The molecule has 0 saturated carbocycles. The van der Waals surface area contributed by atoms with Crippen LogP contribution in [0.5, 0.6) is 0 Å². The Bertz CT molecular complexity index is 1150. The molecule has 4 aromatic rings. The van der Waals surface area contributed by atoms with Gasteiger partial charge in [-0.3, -0.25) is 9.59 Å². The summed E-state index contributed by atoms with van der Waals surface area (Å²) in [6.45, 7) is 0.248. The van der Waals surface area contributed by atoms with E-state index >= 15 is 0 Å². The molecule has 2 aromatic heterocycles. The highest BCUT2D eigenvalue weighted by Crippen LogP contribution is 2.19. The molecular weight excluding hydrogens is 401 g/mol. The molecule has 2 amide bonds. The number of nitrogens with one attached hydrogen (secondary N) is 3. The minimum absolute atomic E-state index is 0.248. The summed E-state index contributed by atoms with van der Waals surface area (Å²) >= 11 is 1.32. The number of rotatable bonds is 7. The Hall–Kier alpha value is -3.45. The second-order valence-corrected chi connectivity index (χ2v) is 7.86. The largest absolute Gasteiger partial charge is 0.361 e. The third-order valence-electron chi connectivity index (χ3n) is 4.85. The summed E-state index contributed by atoms with van der Waals surface area (Å²) in [6.07, 6.45) is 2.21. The number of benzene rings is 2. The van der Waals surface area contributed by atoms with Crippen molar-refractivity contribution in [2.75, 3.05) is 0 Å². The van der Waals surface area contributed by atoms with Gasteiger partial charge in [0.15, 0.2) is 0 Å². The minimum atomic E-state index is -0.751. The van der Waals surface area contributed by atoms with Crippen LogP contribution >= 0.6 is 11.3 Å². The lowest BCUT2D eigenvalue weighted by atomic mass is 10.0. The van der Waals surface area contributed by atoms with Crippen LogP contribution in [0.25, 0.3) is 10.9 Å². The maximum atomic E-state index is 13.1. The molecule has 0 radical (unpaired) electrons. The van der Waals surface area contributed by atoms with Gasteiger partial charge in [-0.05, 0) is 40.8 Å². The molecule has 152 valence electrons. The lowest BCUT2D eigenvalue weighted by Crippen LogP contribution is -2.47. The number of amides is 2. The molecule has 0 saturated heterocycles. The van der Waals surface area contributed by atoms with Gasteiger partial charge in [0.25, 0.3) is 5.91 Å². The zero-order valence-electron chi connectivity index (χ0n) is 16.0. The van der Waals surface area contributed by atoms with Gasteiger partial charge in [-0.1, -0.05) is 36.4 Å². The summed E-state index contributed by atoms with van der Waals surface area (Å²) in [5.74, 6) is -0.910. The molecule has 0 spiro atoms. The number of H-pyrrole nitrogens is 1. The number of halogens is 1. The van der Waals surface area contributed by atoms with Crippen LogP contribution in [-0.2, 0) is 17.8 Å². The number of aromatic amines is 1. The van der Waals surface area contributed by atoms with Crippen LogP contribution in [-0.4, -0.2) is 22.8 Å². The smallest absolute Gasteiger partial charge is 0.262 e. The third-order valence-corrected chi connectivity index (χ3v) is 5.71. The highest BCUT2D eigenvalue weighted by atomic mass is 32.1. The van der Waals surface area contributed by atoms with E-state index < -0.39 is 6.04 Å². The molecule has 5 nitrogen and oxygen atoms in total. The first-order valence-electron chi connectivity index (χ1n) is 9.51. The molecule has 30 heavy (non-hydrogen) atoms. The number of fused-ring (bicyclic) bond motifs is 1. The van der Waals surface area contributed by atoms with Crippen LogP contribution in [0.4, 0.5) is 4.39 Å². The molecule has 0 aliphatic rings. The number of carbonyl (C=O) groups excluding carboxylic acids is 2. The Morgan fingerprint density at radius 1 is 1.03 bits per heavy atom. The van der Waals surface area contributed by atoms with E-state index in [2.05, 4.69) is 15.6 Å². The van der Waals surface area contributed by atoms with Crippen molar-refractivity contribution in [3.05, 3.63) is 94.1 Å². The molecule has 2 heterocycles. The van der Waals surface area contributed by atoms with E-state index in [-0.39, 0.29) is 24.2 Å². The lowest BCUT2D eigenvalue weighted by Gasteiger charge is -2.18. The Balaban J connectivity index is 1.52. The molecule has 3 N–H and O–H groups in total. The molecule has 7 heteroatoms. The summed E-state index contributed by atoms with van der Waals surface area (Å²) in [5, 5.41) is 8.53. The van der Waals surface area contributed by atoms with Crippen molar-refractivity contribution in [2.45, 2.75) is 19.0 Å². The van der Waals surface area contributed by atoms with E-state index in [4.69, 9.17) is 0 Å². The molecule has 0 bridgehead atoms. The minimum Gasteiger partial charge on any atom is -0.361 e. The van der Waals surface area contributed by atoms with Crippen molar-refractivity contribution in [1.29, 1.82) is 0 Å². The van der Waals surface area contributed by atoms with Gasteiger partial charge in [0.05, 0.1) is 4.88 Å². The summed E-state index contributed by atoms with van der Waals surface area (Å²) in [4.78, 5) is 29.3. The number of carbonyl (C=O) groups is 2. The van der Waals surface area contributed by atoms with Crippen LogP contribution in [0.15, 0.2) is 72.2 Å². The summed E-state index contributed by atoms with van der Waals surface area (Å²) in [7, 11) is 0. The predicted molar refractivity (Wildman–Crippen MR) is 116 cm³/mol. The van der Waals surface area contributed by atoms with E-state index in [1.165, 1.54) is 23.5 Å². The van der Waals surface area contributed by atoms with Gasteiger partial charge < -0.3 is 15.6 Å². The average Bonchev–Trinajstić information content (AvgIpc) is 3.43. The van der Waals surface area contributed by atoms with E-state index in [0.717, 1.165) is 22.0 Å². The van der Waals surface area contributed by atoms with Gasteiger partial charge >= 0.3 is 0 Å². The standard InChI is InChI=1S/C23H20FN3O2S/c24-17-9-7-15(8-10-17)13-26-22(28)20(27-23(29)21-6-3-11-30-21)12-16-14-25-19-5-2-1-4-18(16)19/h1-11,14,20,25H,12-13H2,(H,26,28)(H,27,29). The van der Waals surface area contributed by atoms with Gasteiger partial charge in [-0.25, -0.2) is 4.39 Å². The van der Waals surface area contributed by atoms with Crippen LogP contribution in [0.3, 0.4) is 0 Å². The number of hydrogen-bond acceptors (Lipinski definition) is 3. The van der Waals surface area contributed by atoms with Gasteiger partial charge in [0.2, 0.25) is 5.91 Å². The van der Waals surface area contributed by atoms with Crippen LogP contribution in [0.1, 0.15) is 20.8 Å². The molecule has 1 unspecified atom stereocenters. The van der Waals surface area contributed by atoms with Crippen molar-refractivity contribution < 1.29 is 14.0 Å². The fourth-order valence-electron chi connectivity index (χ4n) is 3.28. The van der Waals surface area contributed by atoms with Gasteiger partial charge in [0.1, 0.15) is 11.9 Å². The molecule has 0 aliphatic carbocycles. The quantitative estimate of drug-likeness (QED) is 0.422. The Kier molecular flexibility index (Phi) is 5.90. The van der Waals surface area contributed by atoms with Crippen molar-refractivity contribution in [3.63, 3.8) is 0 Å². The number of thiophene rings is 1. The topological polar surface area (TPSA) is 74.0 Å². The summed E-state index contributed by atoms with van der Waals surface area (Å²) < 4.78 is 13.1. The van der Waals surface area contributed by atoms with Crippen molar-refractivity contribution >= 4 is 34.1 Å². The predicted octanol–water partition coefficient (Wildman–Crippen LogP) is 4.03. The number of hydrogen-bond donors (Lipinski definition) is 3. The maximum Gasteiger partial charge on any atom is 0.262 e. The Labute approximate surface area is 176 Å². The molecule has 1 atom stereocenters. The lowest BCUT2D eigenvalue weighted by molar-refractivity contribution is -0.123. The Morgan fingerprint density at radius 2 is 1.83 bits per heavy atom. The van der Waals surface area contributed by atoms with Gasteiger partial charge in [-0.2, -0.15) is 0 Å². The van der Waals surface area contributed by atoms with Crippen LogP contribution < -0.4 is 10.6 Å². The normalized spacial score (nSPS) is 11.9. The summed E-state index contributed by atoms with van der Waals surface area (Å²) in [5.41, 5.74) is 2.70. The van der Waals surface area contributed by atoms with Crippen molar-refractivity contribution in [3.8, 4) is 0 Å². The van der Waals surface area contributed by atoms with E-state index in [1.807, 2.05) is 35.8 Å². The fourth-order valence-corrected chi connectivity index (χ4v) is 3.91. The Morgan fingerprint density at radius 3 is 2.60 bits per heavy atom. The second-order valence-electron chi connectivity index (χ2n) is 6.91. The van der Waals surface area contributed by atoms with Crippen LogP contribution in [0.2, 0.25) is 0 Å². The summed E-state index contributed by atoms with van der Waals surface area (Å²) in [6, 6.07) is 16.5. The SMILES string of the molecule is O=C(NC(Cc1c[nH]c2ccccc12)C(=O)NCc1ccc(F)cc1)c1cccs1. The highest BCUT2D eigenvalue weighted by molar-refractivity contribution is 7.12. The zero-order valence-corrected chi connectivity index (χ0v) is 16.8. The van der Waals surface area contributed by atoms with Gasteiger partial charge in [0, 0.05) is 30.1 Å². The second kappa shape index (κ2) is 8.92. The highest BCUT2D eigenvalue weighted by Gasteiger charge is 2.23. The number of aromatic nitrogens is 1.